The zero-order valence-electron chi connectivity index (χ0n) is 15.8. The Hall–Kier alpha value is -2.09. The number of carbonyl (C=O) groups is 1. The van der Waals surface area contributed by atoms with E-state index in [4.69, 9.17) is 34.8 Å². The SMILES string of the molecule is CN(Cc1ccccc1)S(=O)(=O)c1ccc(Cl)c(C(=O)Nc2ccc(Cl)c(Cl)c2)c1. The maximum absolute atomic E-state index is 13.0. The Morgan fingerprint density at radius 1 is 0.900 bits per heavy atom. The largest absolute Gasteiger partial charge is 0.322 e. The number of nitrogens with one attached hydrogen (secondary N) is 1. The molecule has 5 nitrogen and oxygen atoms in total. The van der Waals surface area contributed by atoms with Gasteiger partial charge in [-0.15, -0.1) is 0 Å². The first kappa shape index (κ1) is 22.6. The van der Waals surface area contributed by atoms with Crippen LogP contribution in [0.25, 0.3) is 0 Å². The van der Waals surface area contributed by atoms with Crippen LogP contribution in [0.3, 0.4) is 0 Å². The highest BCUT2D eigenvalue weighted by atomic mass is 35.5. The van der Waals surface area contributed by atoms with Crippen molar-refractivity contribution < 1.29 is 13.2 Å². The van der Waals surface area contributed by atoms with E-state index in [2.05, 4.69) is 5.32 Å². The molecule has 9 heteroatoms. The molecule has 0 radical (unpaired) electrons. The standard InChI is InChI=1S/C21H17Cl3N2O3S/c1-26(13-14-5-3-2-4-6-14)30(28,29)16-8-10-18(22)17(12-16)21(27)25-15-7-9-19(23)20(24)11-15/h2-12H,13H2,1H3,(H,25,27). The highest BCUT2D eigenvalue weighted by Gasteiger charge is 2.23. The number of nitrogens with zero attached hydrogens (tertiary/aromatic N) is 1. The lowest BCUT2D eigenvalue weighted by molar-refractivity contribution is 0.102. The van der Waals surface area contributed by atoms with Crippen molar-refractivity contribution in [2.24, 2.45) is 0 Å². The van der Waals surface area contributed by atoms with E-state index in [1.807, 2.05) is 30.3 Å². The van der Waals surface area contributed by atoms with E-state index in [1.165, 1.54) is 35.6 Å². The van der Waals surface area contributed by atoms with Crippen LogP contribution in [-0.2, 0) is 16.6 Å². The molecule has 30 heavy (non-hydrogen) atoms. The van der Waals surface area contributed by atoms with Crippen LogP contribution < -0.4 is 5.32 Å². The van der Waals surface area contributed by atoms with Crippen molar-refractivity contribution in [3.63, 3.8) is 0 Å². The third kappa shape index (κ3) is 5.14. The van der Waals surface area contributed by atoms with E-state index in [0.29, 0.717) is 10.7 Å². The Balaban J connectivity index is 1.86. The third-order valence-corrected chi connectivity index (χ3v) is 7.18. The van der Waals surface area contributed by atoms with Crippen molar-refractivity contribution in [3.8, 4) is 0 Å². The molecule has 0 saturated heterocycles. The van der Waals surface area contributed by atoms with Crippen molar-refractivity contribution in [2.75, 3.05) is 12.4 Å². The smallest absolute Gasteiger partial charge is 0.257 e. The van der Waals surface area contributed by atoms with Crippen LogP contribution in [0, 0.1) is 0 Å². The molecule has 0 aliphatic heterocycles. The van der Waals surface area contributed by atoms with Crippen molar-refractivity contribution in [3.05, 3.63) is 92.9 Å². The summed E-state index contributed by atoms with van der Waals surface area (Å²) in [6, 6.07) is 17.8. The summed E-state index contributed by atoms with van der Waals surface area (Å²) < 4.78 is 27.2. The Morgan fingerprint density at radius 2 is 1.57 bits per heavy atom. The molecule has 3 aromatic carbocycles. The van der Waals surface area contributed by atoms with E-state index < -0.39 is 15.9 Å². The predicted molar refractivity (Wildman–Crippen MR) is 121 cm³/mol. The molecule has 0 bridgehead atoms. The second kappa shape index (κ2) is 9.37. The maximum atomic E-state index is 13.0. The van der Waals surface area contributed by atoms with Crippen molar-refractivity contribution >= 4 is 56.4 Å². The topological polar surface area (TPSA) is 66.5 Å². The zero-order chi connectivity index (χ0) is 21.9. The van der Waals surface area contributed by atoms with Crippen LogP contribution in [0.5, 0.6) is 0 Å². The highest BCUT2D eigenvalue weighted by molar-refractivity contribution is 7.89. The Morgan fingerprint density at radius 3 is 2.23 bits per heavy atom. The van der Waals surface area contributed by atoms with E-state index in [-0.39, 0.29) is 27.0 Å². The van der Waals surface area contributed by atoms with Crippen LogP contribution in [0.1, 0.15) is 15.9 Å². The summed E-state index contributed by atoms with van der Waals surface area (Å²) in [6.45, 7) is 0.191. The predicted octanol–water partition coefficient (Wildman–Crippen LogP) is 5.72. The second-order valence-electron chi connectivity index (χ2n) is 6.47. The third-order valence-electron chi connectivity index (χ3n) is 4.32. The van der Waals surface area contributed by atoms with Gasteiger partial charge in [0.25, 0.3) is 5.91 Å². The number of amides is 1. The molecule has 0 fully saturated rings. The molecule has 3 rings (SSSR count). The molecule has 0 aliphatic carbocycles. The summed E-state index contributed by atoms with van der Waals surface area (Å²) in [5.41, 5.74) is 1.27. The van der Waals surface area contributed by atoms with Gasteiger partial charge in [-0.25, -0.2) is 8.42 Å². The quantitative estimate of drug-likeness (QED) is 0.487. The molecule has 0 aliphatic rings. The number of halogens is 3. The Labute approximate surface area is 190 Å². The van der Waals surface area contributed by atoms with Crippen LogP contribution >= 0.6 is 34.8 Å². The fraction of sp³-hybridized carbons (Fsp3) is 0.0952. The van der Waals surface area contributed by atoms with Crippen LogP contribution in [0.15, 0.2) is 71.6 Å². The Kier molecular flexibility index (Phi) is 7.06. The van der Waals surface area contributed by atoms with Gasteiger partial charge in [0.2, 0.25) is 10.0 Å². The molecule has 1 N–H and O–H groups in total. The van der Waals surface area contributed by atoms with Gasteiger partial charge in [-0.3, -0.25) is 4.79 Å². The first-order chi connectivity index (χ1) is 14.2. The first-order valence-electron chi connectivity index (χ1n) is 8.74. The molecule has 0 atom stereocenters. The molecule has 3 aromatic rings. The summed E-state index contributed by atoms with van der Waals surface area (Å²) in [5.74, 6) is -0.568. The van der Waals surface area contributed by atoms with Gasteiger partial charge in [0.15, 0.2) is 0 Å². The zero-order valence-corrected chi connectivity index (χ0v) is 18.9. The average molecular weight is 484 g/mol. The number of rotatable bonds is 6. The lowest BCUT2D eigenvalue weighted by Crippen LogP contribution is -2.27. The van der Waals surface area contributed by atoms with Crippen LogP contribution in [0.2, 0.25) is 15.1 Å². The molecule has 0 unspecified atom stereocenters. The monoisotopic (exact) mass is 482 g/mol. The second-order valence-corrected chi connectivity index (χ2v) is 9.74. The highest BCUT2D eigenvalue weighted by Crippen LogP contribution is 2.27. The molecule has 0 spiro atoms. The molecule has 0 aromatic heterocycles. The summed E-state index contributed by atoms with van der Waals surface area (Å²) >= 11 is 18.0. The minimum Gasteiger partial charge on any atom is -0.322 e. The van der Waals surface area contributed by atoms with Crippen LogP contribution in [-0.4, -0.2) is 25.7 Å². The minimum absolute atomic E-state index is 0.0249. The molecule has 0 heterocycles. The number of hydrogen-bond donors (Lipinski definition) is 1. The van der Waals surface area contributed by atoms with Gasteiger partial charge in [-0.2, -0.15) is 4.31 Å². The summed E-state index contributed by atoms with van der Waals surface area (Å²) in [5, 5.41) is 3.39. The molecular formula is C21H17Cl3N2O3S. The van der Waals surface area contributed by atoms with E-state index >= 15 is 0 Å². The molecule has 156 valence electrons. The van der Waals surface area contributed by atoms with E-state index in [1.54, 1.807) is 12.1 Å². The van der Waals surface area contributed by atoms with Gasteiger partial charge in [-0.05, 0) is 42.0 Å². The van der Waals surface area contributed by atoms with E-state index in [9.17, 15) is 13.2 Å². The normalized spacial score (nSPS) is 11.5. The lowest BCUT2D eigenvalue weighted by Gasteiger charge is -2.18. The fourth-order valence-electron chi connectivity index (χ4n) is 2.72. The summed E-state index contributed by atoms with van der Waals surface area (Å²) in [7, 11) is -2.36. The Bertz CT molecular complexity index is 1190. The minimum atomic E-state index is -3.84. The lowest BCUT2D eigenvalue weighted by atomic mass is 10.2. The number of hydrogen-bond acceptors (Lipinski definition) is 3. The van der Waals surface area contributed by atoms with Gasteiger partial charge in [0.05, 0.1) is 25.5 Å². The molecule has 0 saturated carbocycles. The van der Waals surface area contributed by atoms with Crippen molar-refractivity contribution in [1.82, 2.24) is 4.31 Å². The number of benzene rings is 3. The molecular weight excluding hydrogens is 467 g/mol. The average Bonchev–Trinajstić information content (AvgIpc) is 2.71. The van der Waals surface area contributed by atoms with Gasteiger partial charge in [-0.1, -0.05) is 65.1 Å². The fourth-order valence-corrected chi connectivity index (χ4v) is 4.40. The number of sulfonamides is 1. The van der Waals surface area contributed by atoms with Gasteiger partial charge in [0.1, 0.15) is 0 Å². The van der Waals surface area contributed by atoms with Gasteiger partial charge >= 0.3 is 0 Å². The number of carbonyl (C=O) groups excluding carboxylic acids is 1. The first-order valence-corrected chi connectivity index (χ1v) is 11.3. The van der Waals surface area contributed by atoms with Crippen molar-refractivity contribution in [2.45, 2.75) is 11.4 Å². The van der Waals surface area contributed by atoms with Crippen molar-refractivity contribution in [1.29, 1.82) is 0 Å². The van der Waals surface area contributed by atoms with Gasteiger partial charge in [0, 0.05) is 19.3 Å². The van der Waals surface area contributed by atoms with E-state index in [0.717, 1.165) is 5.56 Å². The summed E-state index contributed by atoms with van der Waals surface area (Å²) in [6.07, 6.45) is 0. The molecule has 1 amide bonds. The maximum Gasteiger partial charge on any atom is 0.257 e. The summed E-state index contributed by atoms with van der Waals surface area (Å²) in [4.78, 5) is 12.7. The number of anilines is 1. The van der Waals surface area contributed by atoms with Gasteiger partial charge < -0.3 is 5.32 Å². The van der Waals surface area contributed by atoms with Crippen LogP contribution in [0.4, 0.5) is 5.69 Å².